The Morgan fingerprint density at radius 1 is 0.455 bits per heavy atom. The van der Waals surface area contributed by atoms with E-state index >= 15 is 0 Å². The number of allylic oxidation sites excluding steroid dienone is 2. The highest BCUT2D eigenvalue weighted by molar-refractivity contribution is 7.54. The molecule has 132 valence electrons. The van der Waals surface area contributed by atoms with Crippen LogP contribution < -0.4 is 0 Å². The quantitative estimate of drug-likeness (QED) is 0.180. The van der Waals surface area contributed by atoms with E-state index in [4.69, 9.17) is 39.1 Å². The number of hydrogen-bond donors (Lipinski definition) is 8. The standard InChI is InChI=1S/C6H16O12P4/c7-19(8,9)1-5(2-20(10,11)12)6(3-21(13,14)15)4-22(16,17)18/h1-4H2,(H2,7,8,9)(H2,10,11,12)(H2,13,14,15)(H2,16,17,18). The van der Waals surface area contributed by atoms with Crippen LogP contribution in [0.15, 0.2) is 11.1 Å². The minimum absolute atomic E-state index is 0.784. The molecule has 0 saturated heterocycles. The lowest BCUT2D eigenvalue weighted by Crippen LogP contribution is -2.11. The van der Waals surface area contributed by atoms with Gasteiger partial charge in [0.05, 0.1) is 24.6 Å². The lowest BCUT2D eigenvalue weighted by molar-refractivity contribution is 0.365. The van der Waals surface area contributed by atoms with Gasteiger partial charge in [-0.15, -0.1) is 0 Å². The third-order valence-electron chi connectivity index (χ3n) is 2.09. The predicted octanol–water partition coefficient (Wildman–Crippen LogP) is -1.01. The molecule has 0 saturated carbocycles. The summed E-state index contributed by atoms with van der Waals surface area (Å²) in [5.74, 6) is 0. The van der Waals surface area contributed by atoms with Crippen molar-refractivity contribution in [2.24, 2.45) is 0 Å². The molecule has 0 aliphatic rings. The van der Waals surface area contributed by atoms with Crippen molar-refractivity contribution < 1.29 is 57.4 Å². The molecule has 0 rings (SSSR count). The van der Waals surface area contributed by atoms with Crippen molar-refractivity contribution in [3.05, 3.63) is 11.1 Å². The first-order chi connectivity index (χ1) is 9.38. The topological polar surface area (TPSA) is 230 Å². The van der Waals surface area contributed by atoms with E-state index < -0.39 is 66.2 Å². The van der Waals surface area contributed by atoms with Crippen LogP contribution in [0, 0.1) is 0 Å². The van der Waals surface area contributed by atoms with E-state index in [2.05, 4.69) is 0 Å². The lowest BCUT2D eigenvalue weighted by Gasteiger charge is -2.18. The van der Waals surface area contributed by atoms with Crippen molar-refractivity contribution in [2.75, 3.05) is 24.6 Å². The Balaban J connectivity index is 6.03. The highest BCUT2D eigenvalue weighted by Gasteiger charge is 2.31. The van der Waals surface area contributed by atoms with Crippen molar-refractivity contribution in [1.29, 1.82) is 0 Å². The highest BCUT2D eigenvalue weighted by atomic mass is 31.2. The predicted molar refractivity (Wildman–Crippen MR) is 74.7 cm³/mol. The molecule has 0 aliphatic heterocycles. The maximum atomic E-state index is 11.0. The fraction of sp³-hybridized carbons (Fsp3) is 0.667. The summed E-state index contributed by atoms with van der Waals surface area (Å²) < 4.78 is 43.9. The van der Waals surface area contributed by atoms with Crippen LogP contribution in [0.25, 0.3) is 0 Å². The third-order valence-corrected chi connectivity index (χ3v) is 5.26. The van der Waals surface area contributed by atoms with Crippen molar-refractivity contribution in [3.63, 3.8) is 0 Å². The molecule has 0 radical (unpaired) electrons. The molecule has 22 heavy (non-hydrogen) atoms. The summed E-state index contributed by atoms with van der Waals surface area (Å²) in [6.07, 6.45) is -5.14. The minimum Gasteiger partial charge on any atom is -0.324 e. The van der Waals surface area contributed by atoms with Crippen molar-refractivity contribution in [2.45, 2.75) is 0 Å². The van der Waals surface area contributed by atoms with Crippen LogP contribution >= 0.6 is 30.4 Å². The molecule has 0 spiro atoms. The maximum absolute atomic E-state index is 11.0. The molecule has 0 aliphatic carbocycles. The van der Waals surface area contributed by atoms with Gasteiger partial charge in [-0.3, -0.25) is 18.3 Å². The first kappa shape index (κ1) is 22.3. The van der Waals surface area contributed by atoms with E-state index in [1.807, 2.05) is 0 Å². The van der Waals surface area contributed by atoms with Crippen molar-refractivity contribution >= 4 is 30.4 Å². The molecule has 16 heteroatoms. The molecular formula is C6H16O12P4. The van der Waals surface area contributed by atoms with Gasteiger partial charge in [-0.05, 0) is 11.1 Å². The van der Waals surface area contributed by atoms with E-state index in [9.17, 15) is 18.3 Å². The van der Waals surface area contributed by atoms with E-state index in [0.717, 1.165) is 0 Å². The second-order valence-corrected chi connectivity index (χ2v) is 11.1. The van der Waals surface area contributed by atoms with E-state index in [1.165, 1.54) is 0 Å². The van der Waals surface area contributed by atoms with E-state index in [-0.39, 0.29) is 0 Å². The summed E-state index contributed by atoms with van der Waals surface area (Å²) in [6, 6.07) is 0. The van der Waals surface area contributed by atoms with Gasteiger partial charge in [0.1, 0.15) is 0 Å². The Kier molecular flexibility index (Phi) is 7.60. The molecule has 0 atom stereocenters. The van der Waals surface area contributed by atoms with Crippen LogP contribution in [0.1, 0.15) is 0 Å². The zero-order chi connectivity index (χ0) is 18.0. The maximum Gasteiger partial charge on any atom is 0.329 e. The largest absolute Gasteiger partial charge is 0.329 e. The van der Waals surface area contributed by atoms with Crippen LogP contribution in [0.3, 0.4) is 0 Å². The number of hydrogen-bond acceptors (Lipinski definition) is 4. The highest BCUT2D eigenvalue weighted by Crippen LogP contribution is 2.49. The molecule has 0 aromatic heterocycles. The Bertz CT molecular complexity index is 506. The molecule has 0 unspecified atom stereocenters. The summed E-state index contributed by atoms with van der Waals surface area (Å²) in [5.41, 5.74) is -1.57. The Hall–Kier alpha value is 0.340. The Labute approximate surface area is 124 Å². The monoisotopic (exact) mass is 404 g/mol. The Morgan fingerprint density at radius 2 is 0.591 bits per heavy atom. The smallest absolute Gasteiger partial charge is 0.324 e. The lowest BCUT2D eigenvalue weighted by atomic mass is 10.2. The third kappa shape index (κ3) is 12.8. The van der Waals surface area contributed by atoms with Gasteiger partial charge >= 0.3 is 30.4 Å². The SMILES string of the molecule is O=P(O)(O)CC(CP(=O)(O)O)=C(CP(=O)(O)O)CP(=O)(O)O. The fourth-order valence-electron chi connectivity index (χ4n) is 1.54. The molecule has 8 N–H and O–H groups in total. The first-order valence-electron chi connectivity index (χ1n) is 5.26. The number of rotatable bonds is 8. The van der Waals surface area contributed by atoms with Crippen LogP contribution in [-0.4, -0.2) is 63.8 Å². The molecular weight excluding hydrogens is 388 g/mol. The summed E-state index contributed by atoms with van der Waals surface area (Å²) in [4.78, 5) is 70.9. The summed E-state index contributed by atoms with van der Waals surface area (Å²) >= 11 is 0. The van der Waals surface area contributed by atoms with Crippen molar-refractivity contribution in [3.8, 4) is 0 Å². The fourth-order valence-corrected chi connectivity index (χ4v) is 5.23. The van der Waals surface area contributed by atoms with Crippen molar-refractivity contribution in [1.82, 2.24) is 0 Å². The second-order valence-electron chi connectivity index (χ2n) is 4.50. The van der Waals surface area contributed by atoms with Gasteiger partial charge in [-0.2, -0.15) is 0 Å². The van der Waals surface area contributed by atoms with Gasteiger partial charge in [-0.25, -0.2) is 0 Å². The van der Waals surface area contributed by atoms with E-state index in [1.54, 1.807) is 0 Å². The first-order valence-corrected chi connectivity index (χ1v) is 12.4. The van der Waals surface area contributed by atoms with Gasteiger partial charge in [0.15, 0.2) is 0 Å². The van der Waals surface area contributed by atoms with Crippen LogP contribution in [-0.2, 0) is 18.3 Å². The molecule has 0 aromatic carbocycles. The van der Waals surface area contributed by atoms with Gasteiger partial charge in [0.2, 0.25) is 0 Å². The van der Waals surface area contributed by atoms with Crippen LogP contribution in [0.2, 0.25) is 0 Å². The van der Waals surface area contributed by atoms with Gasteiger partial charge < -0.3 is 39.1 Å². The van der Waals surface area contributed by atoms with E-state index in [0.29, 0.717) is 0 Å². The Morgan fingerprint density at radius 3 is 0.682 bits per heavy atom. The molecule has 0 amide bonds. The molecule has 0 bridgehead atoms. The minimum atomic E-state index is -4.90. The summed E-state index contributed by atoms with van der Waals surface area (Å²) in [7, 11) is -19.6. The molecule has 12 nitrogen and oxygen atoms in total. The van der Waals surface area contributed by atoms with Crippen LogP contribution in [0.4, 0.5) is 0 Å². The van der Waals surface area contributed by atoms with Gasteiger partial charge in [0, 0.05) is 0 Å². The van der Waals surface area contributed by atoms with Gasteiger partial charge in [-0.1, -0.05) is 0 Å². The summed E-state index contributed by atoms with van der Waals surface area (Å²) in [6.45, 7) is 0. The normalized spacial score (nSPS) is 14.0. The molecule has 0 fully saturated rings. The van der Waals surface area contributed by atoms with Crippen LogP contribution in [0.5, 0.6) is 0 Å². The molecule has 0 heterocycles. The zero-order valence-electron chi connectivity index (χ0n) is 10.8. The average Bonchev–Trinajstić information content (AvgIpc) is 2.05. The molecule has 0 aromatic rings. The second kappa shape index (κ2) is 7.49. The van der Waals surface area contributed by atoms with Gasteiger partial charge in [0.25, 0.3) is 0 Å². The average molecular weight is 404 g/mol. The zero-order valence-corrected chi connectivity index (χ0v) is 14.4. The summed E-state index contributed by atoms with van der Waals surface area (Å²) in [5, 5.41) is 0.